The van der Waals surface area contributed by atoms with E-state index in [1.807, 2.05) is 0 Å². The van der Waals surface area contributed by atoms with Crippen LogP contribution in [0.2, 0.25) is 0 Å². The molecule has 6 nitrogen and oxygen atoms in total. The lowest BCUT2D eigenvalue weighted by Gasteiger charge is -2.34. The fourth-order valence-electron chi connectivity index (χ4n) is 2.63. The third-order valence-electron chi connectivity index (χ3n) is 3.99. The molecule has 0 radical (unpaired) electrons. The molecule has 2 aliphatic heterocycles. The summed E-state index contributed by atoms with van der Waals surface area (Å²) in [5.41, 5.74) is -0.0737. The zero-order chi connectivity index (χ0) is 14.0. The number of aliphatic carboxylic acids is 1. The number of oxime groups is 1. The first-order valence-corrected chi connectivity index (χ1v) is 6.73. The van der Waals surface area contributed by atoms with Gasteiger partial charge in [-0.15, -0.1) is 0 Å². The summed E-state index contributed by atoms with van der Waals surface area (Å²) in [5.74, 6) is 0.0531. The highest BCUT2D eigenvalue weighted by Gasteiger charge is 2.35. The minimum Gasteiger partial charge on any atom is -0.477 e. The van der Waals surface area contributed by atoms with E-state index in [0.29, 0.717) is 11.8 Å². The van der Waals surface area contributed by atoms with Gasteiger partial charge in [-0.2, -0.15) is 0 Å². The number of nitrogens with zero attached hydrogens (tertiary/aromatic N) is 2. The highest BCUT2D eigenvalue weighted by Crippen LogP contribution is 2.25. The SMILES string of the molecule is CC(C)C1CCN(C(=O)C2CC(C(=O)O)=NO2)CC1. The van der Waals surface area contributed by atoms with Crippen LogP contribution in [-0.2, 0) is 14.4 Å². The van der Waals surface area contributed by atoms with Crippen molar-refractivity contribution in [2.45, 2.75) is 39.2 Å². The summed E-state index contributed by atoms with van der Waals surface area (Å²) >= 11 is 0. The minimum absolute atomic E-state index is 0.0677. The maximum absolute atomic E-state index is 12.2. The van der Waals surface area contributed by atoms with Crippen LogP contribution in [-0.4, -0.2) is 46.8 Å². The molecule has 19 heavy (non-hydrogen) atoms. The van der Waals surface area contributed by atoms with Crippen molar-refractivity contribution < 1.29 is 19.5 Å². The van der Waals surface area contributed by atoms with Crippen LogP contribution in [0, 0.1) is 11.8 Å². The third kappa shape index (κ3) is 3.05. The normalized spacial score (nSPS) is 24.3. The Morgan fingerprint density at radius 2 is 2.00 bits per heavy atom. The highest BCUT2D eigenvalue weighted by atomic mass is 16.6. The lowest BCUT2D eigenvalue weighted by Crippen LogP contribution is -2.44. The smallest absolute Gasteiger partial charge is 0.353 e. The van der Waals surface area contributed by atoms with E-state index in [1.165, 1.54) is 0 Å². The van der Waals surface area contributed by atoms with Crippen LogP contribution in [0.25, 0.3) is 0 Å². The van der Waals surface area contributed by atoms with Gasteiger partial charge in [-0.1, -0.05) is 19.0 Å². The van der Waals surface area contributed by atoms with Crippen molar-refractivity contribution >= 4 is 17.6 Å². The van der Waals surface area contributed by atoms with E-state index in [4.69, 9.17) is 9.94 Å². The van der Waals surface area contributed by atoms with Crippen molar-refractivity contribution in [1.82, 2.24) is 4.90 Å². The van der Waals surface area contributed by atoms with E-state index in [1.54, 1.807) is 4.90 Å². The van der Waals surface area contributed by atoms with E-state index >= 15 is 0 Å². The monoisotopic (exact) mass is 268 g/mol. The molecule has 0 bridgehead atoms. The average Bonchev–Trinajstić information content (AvgIpc) is 2.87. The Kier molecular flexibility index (Phi) is 4.07. The first-order valence-electron chi connectivity index (χ1n) is 6.73. The Morgan fingerprint density at radius 1 is 1.37 bits per heavy atom. The number of hydrogen-bond donors (Lipinski definition) is 1. The van der Waals surface area contributed by atoms with Crippen LogP contribution in [0.3, 0.4) is 0 Å². The van der Waals surface area contributed by atoms with Crippen molar-refractivity contribution in [2.24, 2.45) is 17.0 Å². The molecule has 1 unspecified atom stereocenters. The molecule has 2 rings (SSSR count). The number of carbonyl (C=O) groups excluding carboxylic acids is 1. The lowest BCUT2D eigenvalue weighted by atomic mass is 9.86. The zero-order valence-electron chi connectivity index (χ0n) is 11.3. The quantitative estimate of drug-likeness (QED) is 0.831. The van der Waals surface area contributed by atoms with Crippen LogP contribution < -0.4 is 0 Å². The maximum Gasteiger partial charge on any atom is 0.353 e. The van der Waals surface area contributed by atoms with Gasteiger partial charge in [0.2, 0.25) is 6.10 Å². The maximum atomic E-state index is 12.2. The van der Waals surface area contributed by atoms with Crippen LogP contribution in [0.5, 0.6) is 0 Å². The Labute approximate surface area is 112 Å². The molecule has 2 aliphatic rings. The van der Waals surface area contributed by atoms with Gasteiger partial charge in [0.25, 0.3) is 5.91 Å². The van der Waals surface area contributed by atoms with Crippen LogP contribution in [0.4, 0.5) is 0 Å². The Balaban J connectivity index is 1.84. The number of carboxylic acid groups (broad SMARTS) is 1. The summed E-state index contributed by atoms with van der Waals surface area (Å²) in [6.07, 6.45) is 1.32. The van der Waals surface area contributed by atoms with Gasteiger partial charge in [-0.3, -0.25) is 4.79 Å². The predicted octanol–water partition coefficient (Wildman–Crippen LogP) is 1.11. The van der Waals surface area contributed by atoms with Gasteiger partial charge in [-0.05, 0) is 24.7 Å². The Bertz CT molecular complexity index is 397. The van der Waals surface area contributed by atoms with Gasteiger partial charge in [-0.25, -0.2) is 4.79 Å². The standard InChI is InChI=1S/C13H20N2O4/c1-8(2)9-3-5-15(6-4-9)12(16)11-7-10(13(17)18)14-19-11/h8-9,11H,3-7H2,1-2H3,(H,17,18). The van der Waals surface area contributed by atoms with Crippen molar-refractivity contribution in [3.63, 3.8) is 0 Å². The second-order valence-corrected chi connectivity index (χ2v) is 5.55. The van der Waals surface area contributed by atoms with Crippen molar-refractivity contribution in [2.75, 3.05) is 13.1 Å². The number of piperidine rings is 1. The number of rotatable bonds is 3. The van der Waals surface area contributed by atoms with Gasteiger partial charge in [0.15, 0.2) is 5.71 Å². The summed E-state index contributed by atoms with van der Waals surface area (Å²) in [4.78, 5) is 29.6. The molecular formula is C13H20N2O4. The summed E-state index contributed by atoms with van der Waals surface area (Å²) in [6, 6.07) is 0. The van der Waals surface area contributed by atoms with Gasteiger partial charge >= 0.3 is 5.97 Å². The first kappa shape index (κ1) is 13.8. The third-order valence-corrected chi connectivity index (χ3v) is 3.99. The average molecular weight is 268 g/mol. The van der Waals surface area contributed by atoms with Crippen molar-refractivity contribution in [3.05, 3.63) is 0 Å². The molecule has 6 heteroatoms. The molecule has 1 amide bonds. The fraction of sp³-hybridized carbons (Fsp3) is 0.769. The largest absolute Gasteiger partial charge is 0.477 e. The topological polar surface area (TPSA) is 79.2 Å². The molecule has 0 spiro atoms. The molecule has 1 N–H and O–H groups in total. The van der Waals surface area contributed by atoms with Crippen LogP contribution in [0.15, 0.2) is 5.16 Å². The molecule has 2 heterocycles. The van der Waals surface area contributed by atoms with E-state index in [9.17, 15) is 9.59 Å². The van der Waals surface area contributed by atoms with Gasteiger partial charge in [0, 0.05) is 19.5 Å². The summed E-state index contributed by atoms with van der Waals surface area (Å²) in [6.45, 7) is 5.86. The zero-order valence-corrected chi connectivity index (χ0v) is 11.3. The second kappa shape index (κ2) is 5.59. The second-order valence-electron chi connectivity index (χ2n) is 5.55. The molecule has 0 saturated carbocycles. The van der Waals surface area contributed by atoms with Gasteiger partial charge in [0.1, 0.15) is 0 Å². The molecular weight excluding hydrogens is 248 g/mol. The number of hydrogen-bond acceptors (Lipinski definition) is 4. The van der Waals surface area contributed by atoms with E-state index < -0.39 is 12.1 Å². The molecule has 1 saturated heterocycles. The van der Waals surface area contributed by atoms with Crippen LogP contribution in [0.1, 0.15) is 33.1 Å². The lowest BCUT2D eigenvalue weighted by molar-refractivity contribution is -0.143. The predicted molar refractivity (Wildman–Crippen MR) is 68.7 cm³/mol. The number of likely N-dealkylation sites (tertiary alicyclic amines) is 1. The molecule has 1 fully saturated rings. The molecule has 0 aromatic heterocycles. The fourth-order valence-corrected chi connectivity index (χ4v) is 2.63. The van der Waals surface area contributed by atoms with Crippen LogP contribution >= 0.6 is 0 Å². The minimum atomic E-state index is -1.12. The van der Waals surface area contributed by atoms with E-state index in [0.717, 1.165) is 25.9 Å². The molecule has 0 aromatic rings. The van der Waals surface area contributed by atoms with E-state index in [2.05, 4.69) is 19.0 Å². The van der Waals surface area contributed by atoms with E-state index in [-0.39, 0.29) is 18.0 Å². The molecule has 106 valence electrons. The summed E-state index contributed by atoms with van der Waals surface area (Å²) in [7, 11) is 0. The number of amides is 1. The molecule has 1 atom stereocenters. The van der Waals surface area contributed by atoms with Crippen molar-refractivity contribution in [1.29, 1.82) is 0 Å². The Morgan fingerprint density at radius 3 is 2.47 bits per heavy atom. The number of carboxylic acids is 1. The van der Waals surface area contributed by atoms with Crippen molar-refractivity contribution in [3.8, 4) is 0 Å². The molecule has 0 aliphatic carbocycles. The number of carbonyl (C=O) groups is 2. The first-order chi connectivity index (χ1) is 8.99. The Hall–Kier alpha value is -1.59. The highest BCUT2D eigenvalue weighted by molar-refractivity contribution is 6.36. The van der Waals surface area contributed by atoms with Gasteiger partial charge in [0.05, 0.1) is 0 Å². The summed E-state index contributed by atoms with van der Waals surface area (Å²) in [5, 5.41) is 12.2. The van der Waals surface area contributed by atoms with Gasteiger partial charge < -0.3 is 14.8 Å². The molecule has 0 aromatic carbocycles. The summed E-state index contributed by atoms with van der Waals surface area (Å²) < 4.78 is 0.